The fourth-order valence-corrected chi connectivity index (χ4v) is 1.41. The Morgan fingerprint density at radius 1 is 1.50 bits per heavy atom. The first-order valence-electron chi connectivity index (χ1n) is 4.04. The summed E-state index contributed by atoms with van der Waals surface area (Å²) in [6.45, 7) is 0. The van der Waals surface area contributed by atoms with Crippen molar-refractivity contribution in [1.82, 2.24) is 0 Å². The molecule has 0 fully saturated rings. The van der Waals surface area contributed by atoms with Crippen LogP contribution in [0.3, 0.4) is 0 Å². The molecule has 14 heavy (non-hydrogen) atoms. The van der Waals surface area contributed by atoms with Gasteiger partial charge in [0.2, 0.25) is 0 Å². The number of anilines is 2. The molecule has 0 spiro atoms. The first kappa shape index (κ1) is 11.1. The monoisotopic (exact) mass is 229 g/mol. The van der Waals surface area contributed by atoms with Crippen LogP contribution in [-0.4, -0.2) is 19.2 Å². The number of halogens is 1. The lowest BCUT2D eigenvalue weighted by atomic mass is 10.2. The van der Waals surface area contributed by atoms with Crippen molar-refractivity contribution >= 4 is 40.3 Å². The summed E-state index contributed by atoms with van der Waals surface area (Å²) in [6.07, 6.45) is 0. The normalized spacial score (nSPS) is 9.64. The number of thiocarbonyl (C=S) groups is 1. The summed E-state index contributed by atoms with van der Waals surface area (Å²) in [5.74, 6) is 0. The highest BCUT2D eigenvalue weighted by Gasteiger charge is 2.05. The Kier molecular flexibility index (Phi) is 3.55. The maximum absolute atomic E-state index is 5.86. The zero-order chi connectivity index (χ0) is 10.7. The standard InChI is InChI=1S/C9H12ClN3S/c1-13(2)8-4-3-6(10)5-7(8)12-9(11)14/h3-5H,1-2H3,(H3,11,12,14). The van der Waals surface area contributed by atoms with Gasteiger partial charge in [-0.1, -0.05) is 11.6 Å². The molecule has 0 bridgehead atoms. The molecule has 5 heteroatoms. The van der Waals surface area contributed by atoms with Gasteiger partial charge in [0.25, 0.3) is 0 Å². The number of nitrogens with zero attached hydrogens (tertiary/aromatic N) is 1. The summed E-state index contributed by atoms with van der Waals surface area (Å²) >= 11 is 10.6. The zero-order valence-corrected chi connectivity index (χ0v) is 9.62. The number of nitrogens with one attached hydrogen (secondary N) is 1. The Hall–Kier alpha value is -1.00. The molecule has 3 nitrogen and oxygen atoms in total. The van der Waals surface area contributed by atoms with Gasteiger partial charge >= 0.3 is 0 Å². The van der Waals surface area contributed by atoms with Crippen molar-refractivity contribution in [3.8, 4) is 0 Å². The fraction of sp³-hybridized carbons (Fsp3) is 0.222. The topological polar surface area (TPSA) is 41.3 Å². The predicted octanol–water partition coefficient (Wildman–Crippen LogP) is 2.06. The molecule has 0 aliphatic heterocycles. The van der Waals surface area contributed by atoms with Gasteiger partial charge in [0.15, 0.2) is 5.11 Å². The van der Waals surface area contributed by atoms with E-state index in [1.165, 1.54) is 0 Å². The predicted molar refractivity (Wildman–Crippen MR) is 66.2 cm³/mol. The second kappa shape index (κ2) is 4.48. The second-order valence-corrected chi connectivity index (χ2v) is 3.92. The molecule has 1 rings (SSSR count). The van der Waals surface area contributed by atoms with Gasteiger partial charge in [0.1, 0.15) is 0 Å². The van der Waals surface area contributed by atoms with E-state index in [0.717, 1.165) is 11.4 Å². The van der Waals surface area contributed by atoms with Crippen LogP contribution < -0.4 is 16.0 Å². The molecule has 1 aromatic carbocycles. The van der Waals surface area contributed by atoms with Crippen LogP contribution in [-0.2, 0) is 0 Å². The lowest BCUT2D eigenvalue weighted by molar-refractivity contribution is 1.13. The van der Waals surface area contributed by atoms with Gasteiger partial charge in [0.05, 0.1) is 11.4 Å². The van der Waals surface area contributed by atoms with Crippen LogP contribution in [0.1, 0.15) is 0 Å². The Balaban J connectivity index is 3.09. The number of hydrogen-bond acceptors (Lipinski definition) is 2. The van der Waals surface area contributed by atoms with E-state index in [4.69, 9.17) is 29.6 Å². The van der Waals surface area contributed by atoms with Crippen molar-refractivity contribution in [2.75, 3.05) is 24.3 Å². The molecule has 0 saturated carbocycles. The third kappa shape index (κ3) is 2.75. The lowest BCUT2D eigenvalue weighted by Gasteiger charge is -2.18. The number of hydrogen-bond donors (Lipinski definition) is 2. The molecule has 0 aromatic heterocycles. The highest BCUT2D eigenvalue weighted by atomic mass is 35.5. The quantitative estimate of drug-likeness (QED) is 0.762. The van der Waals surface area contributed by atoms with Gasteiger partial charge in [-0.05, 0) is 30.4 Å². The third-order valence-corrected chi connectivity index (χ3v) is 2.04. The van der Waals surface area contributed by atoms with Crippen LogP contribution in [0.2, 0.25) is 5.02 Å². The molecule has 0 amide bonds. The van der Waals surface area contributed by atoms with Crippen LogP contribution in [0.4, 0.5) is 11.4 Å². The van der Waals surface area contributed by atoms with Crippen LogP contribution in [0.25, 0.3) is 0 Å². The van der Waals surface area contributed by atoms with Gasteiger partial charge in [-0.25, -0.2) is 0 Å². The van der Waals surface area contributed by atoms with E-state index in [1.54, 1.807) is 6.07 Å². The lowest BCUT2D eigenvalue weighted by Crippen LogP contribution is -2.21. The van der Waals surface area contributed by atoms with E-state index < -0.39 is 0 Å². The van der Waals surface area contributed by atoms with Gasteiger partial charge in [-0.15, -0.1) is 0 Å². The minimum atomic E-state index is 0.232. The first-order valence-corrected chi connectivity index (χ1v) is 4.82. The minimum Gasteiger partial charge on any atom is -0.376 e. The van der Waals surface area contributed by atoms with Crippen LogP contribution in [0.5, 0.6) is 0 Å². The molecule has 0 aliphatic carbocycles. The van der Waals surface area contributed by atoms with E-state index in [1.807, 2.05) is 31.1 Å². The average molecular weight is 230 g/mol. The minimum absolute atomic E-state index is 0.232. The smallest absolute Gasteiger partial charge is 0.168 e. The van der Waals surface area contributed by atoms with Crippen LogP contribution in [0, 0.1) is 0 Å². The van der Waals surface area contributed by atoms with E-state index >= 15 is 0 Å². The maximum atomic E-state index is 5.86. The molecular formula is C9H12ClN3S. The largest absolute Gasteiger partial charge is 0.376 e. The Labute approximate surface area is 93.8 Å². The highest BCUT2D eigenvalue weighted by Crippen LogP contribution is 2.27. The van der Waals surface area contributed by atoms with E-state index in [2.05, 4.69) is 5.32 Å². The van der Waals surface area contributed by atoms with Crippen LogP contribution in [0.15, 0.2) is 18.2 Å². The molecule has 0 saturated heterocycles. The molecule has 0 radical (unpaired) electrons. The Morgan fingerprint density at radius 2 is 2.14 bits per heavy atom. The van der Waals surface area contributed by atoms with Crippen molar-refractivity contribution in [3.05, 3.63) is 23.2 Å². The van der Waals surface area contributed by atoms with E-state index in [0.29, 0.717) is 5.02 Å². The van der Waals surface area contributed by atoms with Crippen LogP contribution >= 0.6 is 23.8 Å². The third-order valence-electron chi connectivity index (χ3n) is 1.70. The second-order valence-electron chi connectivity index (χ2n) is 3.05. The summed E-state index contributed by atoms with van der Waals surface area (Å²) in [6, 6.07) is 5.51. The number of nitrogens with two attached hydrogens (primary N) is 1. The van der Waals surface area contributed by atoms with Crippen molar-refractivity contribution in [1.29, 1.82) is 0 Å². The molecular weight excluding hydrogens is 218 g/mol. The van der Waals surface area contributed by atoms with Gasteiger partial charge < -0.3 is 16.0 Å². The molecule has 3 N–H and O–H groups in total. The van der Waals surface area contributed by atoms with E-state index in [9.17, 15) is 0 Å². The SMILES string of the molecule is CN(C)c1ccc(Cl)cc1NC(N)=S. The van der Waals surface area contributed by atoms with Gasteiger partial charge in [0, 0.05) is 19.1 Å². The Bertz CT molecular complexity index is 352. The molecule has 76 valence electrons. The molecule has 0 heterocycles. The summed E-state index contributed by atoms with van der Waals surface area (Å²) < 4.78 is 0. The van der Waals surface area contributed by atoms with Crippen molar-refractivity contribution in [2.45, 2.75) is 0 Å². The van der Waals surface area contributed by atoms with Crippen molar-refractivity contribution in [3.63, 3.8) is 0 Å². The molecule has 0 aliphatic rings. The summed E-state index contributed by atoms with van der Waals surface area (Å²) in [5, 5.41) is 3.76. The Morgan fingerprint density at radius 3 is 2.64 bits per heavy atom. The summed E-state index contributed by atoms with van der Waals surface area (Å²) in [4.78, 5) is 1.96. The molecule has 0 unspecified atom stereocenters. The highest BCUT2D eigenvalue weighted by molar-refractivity contribution is 7.80. The molecule has 0 atom stereocenters. The van der Waals surface area contributed by atoms with Gasteiger partial charge in [-0.3, -0.25) is 0 Å². The zero-order valence-electron chi connectivity index (χ0n) is 8.04. The number of benzene rings is 1. The first-order chi connectivity index (χ1) is 6.50. The van der Waals surface area contributed by atoms with Crippen molar-refractivity contribution in [2.24, 2.45) is 5.73 Å². The van der Waals surface area contributed by atoms with Gasteiger partial charge in [-0.2, -0.15) is 0 Å². The fourth-order valence-electron chi connectivity index (χ4n) is 1.13. The van der Waals surface area contributed by atoms with E-state index in [-0.39, 0.29) is 5.11 Å². The summed E-state index contributed by atoms with van der Waals surface area (Å²) in [5.41, 5.74) is 7.21. The van der Waals surface area contributed by atoms with Crippen molar-refractivity contribution < 1.29 is 0 Å². The average Bonchev–Trinajstić information content (AvgIpc) is 2.01. The molecule has 1 aromatic rings. The number of rotatable bonds is 2. The summed E-state index contributed by atoms with van der Waals surface area (Å²) in [7, 11) is 3.88. The maximum Gasteiger partial charge on any atom is 0.168 e.